The van der Waals surface area contributed by atoms with Gasteiger partial charge in [-0.15, -0.1) is 11.8 Å². The first-order chi connectivity index (χ1) is 16.9. The van der Waals surface area contributed by atoms with Crippen molar-refractivity contribution in [2.75, 3.05) is 19.7 Å². The quantitative estimate of drug-likeness (QED) is 0.383. The number of carbonyl (C=O) groups is 3. The van der Waals surface area contributed by atoms with Gasteiger partial charge in [0.15, 0.2) is 0 Å². The number of unbranched alkanes of at least 4 members (excludes halogenated alkanes) is 3. The van der Waals surface area contributed by atoms with Gasteiger partial charge in [0.1, 0.15) is 6.04 Å². The molecule has 1 spiro atoms. The molecule has 35 heavy (non-hydrogen) atoms. The molecule has 3 aliphatic rings. The highest BCUT2D eigenvalue weighted by atomic mass is 32.2. The van der Waals surface area contributed by atoms with Crippen molar-refractivity contribution in [3.8, 4) is 0 Å². The van der Waals surface area contributed by atoms with Gasteiger partial charge >= 0.3 is 0 Å². The zero-order valence-electron chi connectivity index (χ0n) is 20.9. The SMILES string of the molecule is CCCCCNC(=O)C1N(CCCCO)C(=O)[C@@H]2[C@@H](C(=O)NCc3ccccc3)[C@@]3(C)CCC12S3. The number of hydrogen-bond acceptors (Lipinski definition) is 5. The van der Waals surface area contributed by atoms with E-state index in [1.165, 1.54) is 0 Å². The number of likely N-dealkylation sites (tertiary alicyclic amines) is 1. The van der Waals surface area contributed by atoms with Gasteiger partial charge in [-0.1, -0.05) is 50.1 Å². The van der Waals surface area contributed by atoms with Gasteiger partial charge in [0, 0.05) is 31.0 Å². The van der Waals surface area contributed by atoms with E-state index in [2.05, 4.69) is 24.5 Å². The first kappa shape index (κ1) is 26.0. The highest BCUT2D eigenvalue weighted by molar-refractivity contribution is 8.02. The fraction of sp³-hybridized carbons (Fsp3) is 0.667. The van der Waals surface area contributed by atoms with Crippen molar-refractivity contribution in [1.29, 1.82) is 0 Å². The first-order valence-electron chi connectivity index (χ1n) is 13.1. The van der Waals surface area contributed by atoms with Crippen LogP contribution in [0, 0.1) is 11.8 Å². The van der Waals surface area contributed by atoms with Crippen molar-refractivity contribution in [3.63, 3.8) is 0 Å². The van der Waals surface area contributed by atoms with E-state index in [1.54, 1.807) is 16.7 Å². The van der Waals surface area contributed by atoms with Crippen LogP contribution in [-0.4, -0.2) is 63.0 Å². The molecule has 0 aliphatic carbocycles. The summed E-state index contributed by atoms with van der Waals surface area (Å²) in [6, 6.07) is 9.21. The Morgan fingerprint density at radius 3 is 2.57 bits per heavy atom. The van der Waals surface area contributed by atoms with Gasteiger partial charge in [-0.05, 0) is 44.6 Å². The van der Waals surface area contributed by atoms with Gasteiger partial charge in [-0.25, -0.2) is 0 Å². The summed E-state index contributed by atoms with van der Waals surface area (Å²) in [5.41, 5.74) is 1.02. The summed E-state index contributed by atoms with van der Waals surface area (Å²) in [6.07, 6.45) is 5.83. The van der Waals surface area contributed by atoms with Crippen LogP contribution >= 0.6 is 11.8 Å². The van der Waals surface area contributed by atoms with Gasteiger partial charge < -0.3 is 20.6 Å². The molecule has 0 aromatic heterocycles. The molecule has 0 saturated carbocycles. The third-order valence-corrected chi connectivity index (χ3v) is 9.99. The molecule has 3 heterocycles. The minimum atomic E-state index is -0.575. The van der Waals surface area contributed by atoms with Crippen molar-refractivity contribution >= 4 is 29.5 Å². The van der Waals surface area contributed by atoms with Gasteiger partial charge in [-0.2, -0.15) is 0 Å². The van der Waals surface area contributed by atoms with Crippen molar-refractivity contribution in [2.45, 2.75) is 80.9 Å². The van der Waals surface area contributed by atoms with Gasteiger partial charge in [-0.3, -0.25) is 14.4 Å². The zero-order valence-corrected chi connectivity index (χ0v) is 21.7. The van der Waals surface area contributed by atoms with Crippen molar-refractivity contribution in [1.82, 2.24) is 15.5 Å². The van der Waals surface area contributed by atoms with Crippen LogP contribution in [0.4, 0.5) is 0 Å². The number of aliphatic hydroxyl groups is 1. The van der Waals surface area contributed by atoms with Crippen LogP contribution in [0.1, 0.15) is 64.4 Å². The molecular formula is C27H39N3O4S. The van der Waals surface area contributed by atoms with Crippen LogP contribution in [0.5, 0.6) is 0 Å². The lowest BCUT2D eigenvalue weighted by Crippen LogP contribution is -2.54. The molecule has 3 aliphatic heterocycles. The zero-order chi connectivity index (χ0) is 25.1. The average Bonchev–Trinajstić information content (AvgIpc) is 3.42. The monoisotopic (exact) mass is 501 g/mol. The van der Waals surface area contributed by atoms with E-state index in [0.29, 0.717) is 32.5 Å². The summed E-state index contributed by atoms with van der Waals surface area (Å²) in [4.78, 5) is 42.7. The molecule has 3 fully saturated rings. The molecule has 7 nitrogen and oxygen atoms in total. The van der Waals surface area contributed by atoms with E-state index >= 15 is 0 Å². The molecule has 3 N–H and O–H groups in total. The van der Waals surface area contributed by atoms with E-state index in [1.807, 2.05) is 30.3 Å². The molecule has 5 atom stereocenters. The van der Waals surface area contributed by atoms with Crippen LogP contribution in [0.3, 0.4) is 0 Å². The fourth-order valence-electron chi connectivity index (χ4n) is 6.34. The van der Waals surface area contributed by atoms with E-state index in [4.69, 9.17) is 0 Å². The predicted molar refractivity (Wildman–Crippen MR) is 138 cm³/mol. The predicted octanol–water partition coefficient (Wildman–Crippen LogP) is 2.86. The number of aliphatic hydroxyl groups excluding tert-OH is 1. The third-order valence-electron chi connectivity index (χ3n) is 8.00. The molecule has 3 saturated heterocycles. The fourth-order valence-corrected chi connectivity index (χ4v) is 8.70. The number of nitrogens with one attached hydrogen (secondary N) is 2. The number of hydrogen-bond donors (Lipinski definition) is 3. The Bertz CT molecular complexity index is 928. The van der Waals surface area contributed by atoms with Crippen molar-refractivity contribution < 1.29 is 19.5 Å². The Morgan fingerprint density at radius 1 is 1.09 bits per heavy atom. The number of carbonyl (C=O) groups excluding carboxylic acids is 3. The number of nitrogens with zero attached hydrogens (tertiary/aromatic N) is 1. The van der Waals surface area contributed by atoms with Gasteiger partial charge in [0.25, 0.3) is 0 Å². The minimum Gasteiger partial charge on any atom is -0.396 e. The number of amides is 3. The largest absolute Gasteiger partial charge is 0.396 e. The number of thioether (sulfide) groups is 1. The molecule has 0 radical (unpaired) electrons. The van der Waals surface area contributed by atoms with Crippen molar-refractivity contribution in [3.05, 3.63) is 35.9 Å². The Hall–Kier alpha value is -2.06. The summed E-state index contributed by atoms with van der Waals surface area (Å²) in [7, 11) is 0. The Kier molecular flexibility index (Phi) is 8.11. The molecule has 192 valence electrons. The van der Waals surface area contributed by atoms with Gasteiger partial charge in [0.05, 0.1) is 16.6 Å². The first-order valence-corrected chi connectivity index (χ1v) is 13.9. The van der Waals surface area contributed by atoms with E-state index < -0.39 is 22.6 Å². The van der Waals surface area contributed by atoms with E-state index in [0.717, 1.165) is 37.7 Å². The summed E-state index contributed by atoms with van der Waals surface area (Å²) >= 11 is 1.70. The molecule has 2 bridgehead atoms. The smallest absolute Gasteiger partial charge is 0.244 e. The number of fused-ring (bicyclic) bond motifs is 1. The normalized spacial score (nSPS) is 31.0. The Labute approximate surface area is 212 Å². The van der Waals surface area contributed by atoms with E-state index in [-0.39, 0.29) is 29.1 Å². The maximum atomic E-state index is 13.9. The maximum absolute atomic E-state index is 13.9. The lowest BCUT2D eigenvalue weighted by Gasteiger charge is -2.35. The molecule has 1 aromatic rings. The van der Waals surface area contributed by atoms with Crippen molar-refractivity contribution in [2.24, 2.45) is 11.8 Å². The molecule has 3 amide bonds. The van der Waals surface area contributed by atoms with E-state index in [9.17, 15) is 19.5 Å². The Morgan fingerprint density at radius 2 is 1.86 bits per heavy atom. The highest BCUT2D eigenvalue weighted by Crippen LogP contribution is 2.71. The second-order valence-corrected chi connectivity index (χ2v) is 12.3. The Balaban J connectivity index is 1.57. The van der Waals surface area contributed by atoms with Crippen LogP contribution in [0.15, 0.2) is 30.3 Å². The molecule has 4 rings (SSSR count). The minimum absolute atomic E-state index is 0.0574. The average molecular weight is 502 g/mol. The molecule has 1 aromatic carbocycles. The van der Waals surface area contributed by atoms with Crippen LogP contribution in [-0.2, 0) is 20.9 Å². The summed E-state index contributed by atoms with van der Waals surface area (Å²) in [6.45, 7) is 5.73. The second-order valence-electron chi connectivity index (χ2n) is 10.4. The third kappa shape index (κ3) is 4.84. The molecule has 8 heteroatoms. The highest BCUT2D eigenvalue weighted by Gasteiger charge is 2.76. The van der Waals surface area contributed by atoms with Crippen LogP contribution in [0.25, 0.3) is 0 Å². The maximum Gasteiger partial charge on any atom is 0.244 e. The lowest BCUT2D eigenvalue weighted by atomic mass is 9.66. The number of rotatable bonds is 12. The summed E-state index contributed by atoms with van der Waals surface area (Å²) in [5, 5.41) is 15.5. The molecular weight excluding hydrogens is 462 g/mol. The van der Waals surface area contributed by atoms with Gasteiger partial charge in [0.2, 0.25) is 17.7 Å². The second kappa shape index (κ2) is 10.9. The van der Waals surface area contributed by atoms with Crippen LogP contribution in [0.2, 0.25) is 0 Å². The lowest BCUT2D eigenvalue weighted by molar-refractivity contribution is -0.140. The summed E-state index contributed by atoms with van der Waals surface area (Å²) in [5.74, 6) is -1.23. The molecule has 2 unspecified atom stereocenters. The summed E-state index contributed by atoms with van der Waals surface area (Å²) < 4.78 is -0.937. The number of benzene rings is 1. The van der Waals surface area contributed by atoms with Crippen LogP contribution < -0.4 is 10.6 Å². The topological polar surface area (TPSA) is 98.7 Å². The standard InChI is InChI=1S/C27H39N3O4S/c1-3-4-8-15-28-24(33)22-27-14-13-26(2,35-27)20(21(27)25(34)30(22)16-9-10-17-31)23(32)29-18-19-11-6-5-7-12-19/h5-7,11-12,20-22,31H,3-4,8-10,13-18H2,1-2H3,(H,28,33)(H,29,32)/t20-,21-,22?,26+,27?/m0/s1.